The zero-order valence-corrected chi connectivity index (χ0v) is 19.7. The summed E-state index contributed by atoms with van der Waals surface area (Å²) in [6.45, 7) is 3.52. The van der Waals surface area contributed by atoms with Crippen LogP contribution in [0.15, 0.2) is 41.3 Å². The predicted molar refractivity (Wildman–Crippen MR) is 106 cm³/mol. The van der Waals surface area contributed by atoms with Crippen LogP contribution in [0.4, 0.5) is 62.8 Å². The van der Waals surface area contributed by atoms with E-state index in [2.05, 4.69) is 6.58 Å². The first-order valence-electron chi connectivity index (χ1n) is 10.3. The first-order chi connectivity index (χ1) is 17.3. The first-order valence-corrected chi connectivity index (χ1v) is 11.8. The standard InChI is InChI=1S/C20H16F13NO4S/c1-10(14(35)36)9-12-3-2-8-34(12)11-4-6-13(7-5-11)39(37,38)20(32,33)18(27,28)16(23,24)15(21,22)17(25,26)19(29,30)31/h4-7,12H,1-3,8-9H2,(H,35,36)/t12-/m0/s1. The minimum atomic E-state index is -8.25. The molecule has 2 rings (SSSR count). The van der Waals surface area contributed by atoms with Crippen molar-refractivity contribution in [1.82, 2.24) is 0 Å². The van der Waals surface area contributed by atoms with Crippen LogP contribution in [0.3, 0.4) is 0 Å². The van der Waals surface area contributed by atoms with Gasteiger partial charge in [0.25, 0.3) is 0 Å². The maximum atomic E-state index is 14.3. The topological polar surface area (TPSA) is 74.7 Å². The van der Waals surface area contributed by atoms with Gasteiger partial charge in [0.2, 0.25) is 9.84 Å². The van der Waals surface area contributed by atoms with Gasteiger partial charge in [-0.15, -0.1) is 0 Å². The van der Waals surface area contributed by atoms with Crippen molar-refractivity contribution in [3.63, 3.8) is 0 Å². The highest BCUT2D eigenvalue weighted by atomic mass is 32.2. The molecular formula is C20H16F13NO4S. The summed E-state index contributed by atoms with van der Waals surface area (Å²) >= 11 is 0. The number of anilines is 1. The van der Waals surface area contributed by atoms with Crippen molar-refractivity contribution in [1.29, 1.82) is 0 Å². The molecule has 1 saturated heterocycles. The van der Waals surface area contributed by atoms with Gasteiger partial charge in [0.1, 0.15) is 0 Å². The van der Waals surface area contributed by atoms with Crippen LogP contribution in [0.25, 0.3) is 0 Å². The third-order valence-corrected chi connectivity index (χ3v) is 7.71. The maximum absolute atomic E-state index is 14.3. The zero-order valence-electron chi connectivity index (χ0n) is 18.9. The van der Waals surface area contributed by atoms with Gasteiger partial charge in [0.05, 0.1) is 4.90 Å². The Morgan fingerprint density at radius 3 is 1.74 bits per heavy atom. The van der Waals surface area contributed by atoms with Crippen molar-refractivity contribution in [3.8, 4) is 0 Å². The van der Waals surface area contributed by atoms with Crippen LogP contribution in [0, 0.1) is 0 Å². The second-order valence-electron chi connectivity index (χ2n) is 8.41. The van der Waals surface area contributed by atoms with Gasteiger partial charge in [0, 0.05) is 23.8 Å². The molecule has 39 heavy (non-hydrogen) atoms. The number of halogens is 13. The Morgan fingerprint density at radius 1 is 0.846 bits per heavy atom. The van der Waals surface area contributed by atoms with Crippen LogP contribution >= 0.6 is 0 Å². The average Bonchev–Trinajstić information content (AvgIpc) is 3.25. The van der Waals surface area contributed by atoms with Crippen molar-refractivity contribution in [2.75, 3.05) is 11.4 Å². The molecule has 222 valence electrons. The van der Waals surface area contributed by atoms with Crippen LogP contribution in [0.2, 0.25) is 0 Å². The average molecular weight is 613 g/mol. The summed E-state index contributed by atoms with van der Waals surface area (Å²) in [6.07, 6.45) is -6.91. The third-order valence-electron chi connectivity index (χ3n) is 5.88. The lowest BCUT2D eigenvalue weighted by Gasteiger charge is -2.39. The maximum Gasteiger partial charge on any atom is 0.460 e. The van der Waals surface area contributed by atoms with Gasteiger partial charge in [-0.05, 0) is 43.5 Å². The number of carbonyl (C=O) groups is 1. The van der Waals surface area contributed by atoms with E-state index in [-0.39, 0.29) is 36.4 Å². The quantitative estimate of drug-likeness (QED) is 0.253. The molecule has 1 aliphatic rings. The number of nitrogens with zero attached hydrogens (tertiary/aromatic N) is 1. The number of hydrogen-bond acceptors (Lipinski definition) is 4. The summed E-state index contributed by atoms with van der Waals surface area (Å²) in [5, 5.41) is 1.62. The van der Waals surface area contributed by atoms with Crippen LogP contribution in [-0.4, -0.2) is 67.2 Å². The minimum Gasteiger partial charge on any atom is -0.478 e. The molecule has 1 aliphatic heterocycles. The molecule has 0 spiro atoms. The van der Waals surface area contributed by atoms with Crippen LogP contribution in [0.1, 0.15) is 19.3 Å². The zero-order chi connectivity index (χ0) is 30.6. The molecule has 0 aliphatic carbocycles. The van der Waals surface area contributed by atoms with Gasteiger partial charge < -0.3 is 10.0 Å². The summed E-state index contributed by atoms with van der Waals surface area (Å²) in [7, 11) is -7.14. The van der Waals surface area contributed by atoms with Crippen LogP contribution < -0.4 is 4.90 Å². The number of benzene rings is 1. The predicted octanol–water partition coefficient (Wildman–Crippen LogP) is 6.16. The lowest BCUT2D eigenvalue weighted by molar-refractivity contribution is -0.433. The Morgan fingerprint density at radius 2 is 1.31 bits per heavy atom. The van der Waals surface area contributed by atoms with Crippen molar-refractivity contribution in [2.24, 2.45) is 0 Å². The summed E-state index contributed by atoms with van der Waals surface area (Å²) in [5.41, 5.74) is -0.242. The Balaban J connectivity index is 2.47. The monoisotopic (exact) mass is 613 g/mol. The molecule has 1 N–H and O–H groups in total. The Kier molecular flexibility index (Phi) is 8.10. The van der Waals surface area contributed by atoms with Gasteiger partial charge >= 0.3 is 41.1 Å². The number of alkyl halides is 13. The number of carboxylic acid groups (broad SMARTS) is 1. The molecule has 0 saturated carbocycles. The molecule has 0 bridgehead atoms. The van der Waals surface area contributed by atoms with Crippen molar-refractivity contribution < 1.29 is 75.4 Å². The second-order valence-corrected chi connectivity index (χ2v) is 10.4. The molecule has 1 aromatic carbocycles. The number of sulfone groups is 1. The number of rotatable bonds is 10. The number of hydrogen-bond donors (Lipinski definition) is 1. The van der Waals surface area contributed by atoms with E-state index in [0.717, 1.165) is 0 Å². The Bertz CT molecular complexity index is 1210. The summed E-state index contributed by atoms with van der Waals surface area (Å²) in [6, 6.07) is 1.12. The largest absolute Gasteiger partial charge is 0.478 e. The molecule has 0 aromatic heterocycles. The van der Waals surface area contributed by atoms with Crippen LogP contribution in [-0.2, 0) is 14.6 Å². The molecule has 0 unspecified atom stereocenters. The molecule has 1 fully saturated rings. The highest BCUT2D eigenvalue weighted by Crippen LogP contribution is 2.61. The minimum absolute atomic E-state index is 0.00796. The fourth-order valence-corrected chi connectivity index (χ4v) is 4.90. The molecule has 1 atom stereocenters. The third kappa shape index (κ3) is 4.90. The van der Waals surface area contributed by atoms with E-state index in [1.165, 1.54) is 4.90 Å². The number of carboxylic acids is 1. The van der Waals surface area contributed by atoms with Gasteiger partial charge in [-0.25, -0.2) is 13.2 Å². The molecular weight excluding hydrogens is 597 g/mol. The van der Waals surface area contributed by atoms with E-state index in [0.29, 0.717) is 25.0 Å². The lowest BCUT2D eigenvalue weighted by atomic mass is 9.98. The highest BCUT2D eigenvalue weighted by Gasteiger charge is 2.92. The normalized spacial score (nSPS) is 18.4. The lowest BCUT2D eigenvalue weighted by Crippen LogP contribution is -2.71. The van der Waals surface area contributed by atoms with E-state index in [9.17, 15) is 70.3 Å². The Hall–Kier alpha value is -2.73. The smallest absolute Gasteiger partial charge is 0.460 e. The SMILES string of the molecule is C=C(C[C@@H]1CCCN1c1ccc(S(=O)(=O)C(F)(F)C(F)(F)C(F)(F)C(F)(F)C(F)(F)C(F)(F)F)cc1)C(=O)O. The summed E-state index contributed by atoms with van der Waals surface area (Å²) in [5.74, 6) is -33.8. The van der Waals surface area contributed by atoms with E-state index >= 15 is 0 Å². The summed E-state index contributed by atoms with van der Waals surface area (Å²) < 4.78 is 198. The first kappa shape index (κ1) is 32.5. The highest BCUT2D eigenvalue weighted by molar-refractivity contribution is 7.92. The van der Waals surface area contributed by atoms with Gasteiger partial charge in [0.15, 0.2) is 0 Å². The molecule has 1 heterocycles. The van der Waals surface area contributed by atoms with E-state index in [1.54, 1.807) is 0 Å². The van der Waals surface area contributed by atoms with Gasteiger partial charge in [-0.2, -0.15) is 57.1 Å². The fourth-order valence-electron chi connectivity index (χ4n) is 3.65. The van der Waals surface area contributed by atoms with E-state index < -0.39 is 61.9 Å². The second kappa shape index (κ2) is 9.72. The molecule has 0 radical (unpaired) electrons. The van der Waals surface area contributed by atoms with Gasteiger partial charge in [-0.3, -0.25) is 0 Å². The number of aliphatic carboxylic acids is 1. The molecule has 19 heteroatoms. The molecule has 1 aromatic rings. The fraction of sp³-hybridized carbons (Fsp3) is 0.550. The molecule has 5 nitrogen and oxygen atoms in total. The van der Waals surface area contributed by atoms with E-state index in [4.69, 9.17) is 5.11 Å². The van der Waals surface area contributed by atoms with Crippen molar-refractivity contribution in [3.05, 3.63) is 36.4 Å². The van der Waals surface area contributed by atoms with Crippen molar-refractivity contribution in [2.45, 2.75) is 65.3 Å². The Labute approximate surface area is 210 Å². The van der Waals surface area contributed by atoms with Gasteiger partial charge in [-0.1, -0.05) is 6.58 Å². The van der Waals surface area contributed by atoms with Crippen molar-refractivity contribution >= 4 is 21.5 Å². The molecule has 0 amide bonds. The summed E-state index contributed by atoms with van der Waals surface area (Å²) in [4.78, 5) is 10.5. The van der Waals surface area contributed by atoms with E-state index in [1.807, 2.05) is 0 Å². The van der Waals surface area contributed by atoms with Crippen LogP contribution in [0.5, 0.6) is 0 Å².